The molecule has 1 saturated heterocycles. The van der Waals surface area contributed by atoms with Gasteiger partial charge in [0, 0.05) is 48.7 Å². The highest BCUT2D eigenvalue weighted by atomic mass is 16.3. The van der Waals surface area contributed by atoms with Crippen molar-refractivity contribution in [2.45, 2.75) is 31.7 Å². The Kier molecular flexibility index (Phi) is 3.23. The van der Waals surface area contributed by atoms with Crippen molar-refractivity contribution in [1.82, 2.24) is 15.2 Å². The average molecular weight is 349 g/mol. The van der Waals surface area contributed by atoms with Crippen molar-refractivity contribution < 1.29 is 9.90 Å². The summed E-state index contributed by atoms with van der Waals surface area (Å²) in [4.78, 5) is 18.4. The van der Waals surface area contributed by atoms with E-state index in [1.165, 1.54) is 5.56 Å². The van der Waals surface area contributed by atoms with Gasteiger partial charge in [-0.25, -0.2) is 0 Å². The molecule has 1 saturated carbocycles. The number of aromatic hydroxyl groups is 1. The lowest BCUT2D eigenvalue weighted by atomic mass is 9.87. The Morgan fingerprint density at radius 2 is 2.27 bits per heavy atom. The second-order valence-corrected chi connectivity index (χ2v) is 7.87. The van der Waals surface area contributed by atoms with Gasteiger partial charge in [0.2, 0.25) is 0 Å². The number of aromatic amines is 1. The molecule has 1 aromatic heterocycles. The van der Waals surface area contributed by atoms with Crippen LogP contribution in [0.2, 0.25) is 0 Å². The number of rotatable bonds is 2. The number of piperidine rings is 1. The van der Waals surface area contributed by atoms with Gasteiger partial charge in [0.05, 0.1) is 5.56 Å². The predicted molar refractivity (Wildman–Crippen MR) is 99.7 cm³/mol. The van der Waals surface area contributed by atoms with Gasteiger partial charge in [-0.2, -0.15) is 0 Å². The number of hydrogen-bond donors (Lipinski definition) is 3. The first kappa shape index (κ1) is 15.6. The van der Waals surface area contributed by atoms with Crippen molar-refractivity contribution in [3.8, 4) is 5.75 Å². The number of benzene rings is 1. The average Bonchev–Trinajstić information content (AvgIpc) is 3.23. The zero-order valence-corrected chi connectivity index (χ0v) is 14.9. The topological polar surface area (TPSA) is 68.4 Å². The molecule has 5 nitrogen and oxygen atoms in total. The fourth-order valence-electron chi connectivity index (χ4n) is 4.84. The maximum Gasteiger partial charge on any atom is 0.255 e. The molecular formula is C21H23N3O2. The summed E-state index contributed by atoms with van der Waals surface area (Å²) in [5, 5.41) is 13.0. The summed E-state index contributed by atoms with van der Waals surface area (Å²) in [6.45, 7) is 4.32. The van der Waals surface area contributed by atoms with E-state index in [0.717, 1.165) is 48.3 Å². The third-order valence-electron chi connectivity index (χ3n) is 6.42. The number of likely N-dealkylation sites (tertiary alicyclic amines) is 1. The van der Waals surface area contributed by atoms with E-state index < -0.39 is 0 Å². The molecule has 134 valence electrons. The Morgan fingerprint density at radius 1 is 1.38 bits per heavy atom. The largest absolute Gasteiger partial charge is 0.508 e. The minimum atomic E-state index is 0.135. The van der Waals surface area contributed by atoms with E-state index in [1.807, 2.05) is 36.4 Å². The zero-order valence-electron chi connectivity index (χ0n) is 14.9. The van der Waals surface area contributed by atoms with E-state index in [0.29, 0.717) is 18.2 Å². The van der Waals surface area contributed by atoms with Crippen molar-refractivity contribution in [2.24, 2.45) is 5.92 Å². The molecule has 5 heteroatoms. The number of fused-ring (bicyclic) bond motifs is 2. The summed E-state index contributed by atoms with van der Waals surface area (Å²) in [6, 6.07) is 7.64. The van der Waals surface area contributed by atoms with Crippen LogP contribution in [-0.4, -0.2) is 34.0 Å². The lowest BCUT2D eigenvalue weighted by molar-refractivity contribution is 0.0706. The van der Waals surface area contributed by atoms with Gasteiger partial charge in [-0.3, -0.25) is 4.79 Å². The van der Waals surface area contributed by atoms with E-state index in [1.54, 1.807) is 6.07 Å². The number of carbonyl (C=O) groups is 1. The highest BCUT2D eigenvalue weighted by Gasteiger charge is 2.58. The Hall–Kier alpha value is -2.69. The van der Waals surface area contributed by atoms with Gasteiger partial charge in [-0.1, -0.05) is 12.1 Å². The van der Waals surface area contributed by atoms with Gasteiger partial charge >= 0.3 is 0 Å². The predicted octanol–water partition coefficient (Wildman–Crippen LogP) is 2.99. The second kappa shape index (κ2) is 5.40. The lowest BCUT2D eigenvalue weighted by Crippen LogP contribution is -2.40. The number of phenols is 1. The number of H-pyrrole nitrogens is 1. The summed E-state index contributed by atoms with van der Waals surface area (Å²) in [5.74, 6) is 0.961. The van der Waals surface area contributed by atoms with Gasteiger partial charge in [-0.15, -0.1) is 0 Å². The molecule has 5 rings (SSSR count). The van der Waals surface area contributed by atoms with Gasteiger partial charge in [-0.05, 0) is 49.0 Å². The first-order chi connectivity index (χ1) is 12.6. The molecule has 2 atom stereocenters. The second-order valence-electron chi connectivity index (χ2n) is 7.87. The number of nitrogens with zero attached hydrogens (tertiary/aromatic N) is 1. The van der Waals surface area contributed by atoms with E-state index in [2.05, 4.69) is 16.4 Å². The fraction of sp³-hybridized carbons (Fsp3) is 0.381. The van der Waals surface area contributed by atoms with Crippen molar-refractivity contribution in [3.63, 3.8) is 0 Å². The normalized spacial score (nSPS) is 26.4. The van der Waals surface area contributed by atoms with E-state index in [4.69, 9.17) is 0 Å². The smallest absolute Gasteiger partial charge is 0.255 e. The van der Waals surface area contributed by atoms with Gasteiger partial charge < -0.3 is 20.3 Å². The number of allylic oxidation sites excluding steroid dienone is 1. The van der Waals surface area contributed by atoms with Crippen molar-refractivity contribution in [2.75, 3.05) is 13.1 Å². The minimum absolute atomic E-state index is 0.135. The first-order valence-electron chi connectivity index (χ1n) is 9.28. The monoisotopic (exact) mass is 349 g/mol. The maximum absolute atomic E-state index is 13.1. The molecule has 26 heavy (non-hydrogen) atoms. The summed E-state index contributed by atoms with van der Waals surface area (Å²) in [7, 11) is 0. The number of nitrogens with one attached hydrogen (secondary N) is 2. The highest BCUT2D eigenvalue weighted by molar-refractivity contribution is 5.97. The molecule has 2 aliphatic heterocycles. The molecule has 2 unspecified atom stereocenters. The molecule has 3 N–H and O–H groups in total. The Balaban J connectivity index is 1.35. The van der Waals surface area contributed by atoms with Crippen LogP contribution in [-0.2, 0) is 12.0 Å². The van der Waals surface area contributed by atoms with Crippen LogP contribution in [0.5, 0.6) is 5.75 Å². The number of carbonyl (C=O) groups excluding carboxylic acids is 1. The fourth-order valence-corrected chi connectivity index (χ4v) is 4.84. The zero-order chi connectivity index (χ0) is 17.9. The molecule has 0 radical (unpaired) electrons. The Labute approximate surface area is 152 Å². The van der Waals surface area contributed by atoms with Gasteiger partial charge in [0.1, 0.15) is 5.75 Å². The lowest BCUT2D eigenvalue weighted by Gasteiger charge is -2.32. The molecule has 2 fully saturated rings. The molecule has 1 amide bonds. The molecule has 0 bridgehead atoms. The minimum Gasteiger partial charge on any atom is -0.508 e. The van der Waals surface area contributed by atoms with Crippen molar-refractivity contribution in [1.29, 1.82) is 0 Å². The quantitative estimate of drug-likeness (QED) is 0.781. The summed E-state index contributed by atoms with van der Waals surface area (Å²) < 4.78 is 0. The Morgan fingerprint density at radius 3 is 3.08 bits per heavy atom. The third-order valence-corrected chi connectivity index (χ3v) is 6.42. The van der Waals surface area contributed by atoms with E-state index in [9.17, 15) is 9.90 Å². The van der Waals surface area contributed by atoms with Crippen LogP contribution in [0.15, 0.2) is 36.7 Å². The Bertz CT molecular complexity index is 929. The number of amides is 1. The first-order valence-corrected chi connectivity index (χ1v) is 9.28. The van der Waals surface area contributed by atoms with E-state index >= 15 is 0 Å². The molecule has 1 aliphatic carbocycles. The third kappa shape index (κ3) is 2.19. The van der Waals surface area contributed by atoms with Crippen LogP contribution in [0.1, 0.15) is 46.9 Å². The number of aromatic nitrogens is 1. The summed E-state index contributed by atoms with van der Waals surface area (Å²) >= 11 is 0. The van der Waals surface area contributed by atoms with Crippen LogP contribution < -0.4 is 5.32 Å². The van der Waals surface area contributed by atoms with Gasteiger partial charge in [0.25, 0.3) is 5.91 Å². The van der Waals surface area contributed by atoms with Crippen LogP contribution in [0.25, 0.3) is 5.57 Å². The van der Waals surface area contributed by atoms with Crippen LogP contribution in [0.3, 0.4) is 0 Å². The SMILES string of the molecule is CC1=CNCc2c(C(=O)N3CCC4(c5cccc(O)c5)CC4C3)c[nH]c21. The maximum atomic E-state index is 13.1. The molecular weight excluding hydrogens is 326 g/mol. The highest BCUT2D eigenvalue weighted by Crippen LogP contribution is 2.59. The van der Waals surface area contributed by atoms with Crippen molar-refractivity contribution >= 4 is 11.5 Å². The summed E-state index contributed by atoms with van der Waals surface area (Å²) in [6.07, 6.45) is 5.93. The number of phenolic OH excluding ortho intramolecular Hbond substituents is 1. The summed E-state index contributed by atoms with van der Waals surface area (Å²) in [5.41, 5.74) is 5.46. The van der Waals surface area contributed by atoms with Crippen LogP contribution in [0.4, 0.5) is 0 Å². The molecule has 1 aromatic carbocycles. The molecule has 2 aromatic rings. The van der Waals surface area contributed by atoms with Crippen molar-refractivity contribution in [3.05, 3.63) is 59.0 Å². The molecule has 3 aliphatic rings. The van der Waals surface area contributed by atoms with E-state index in [-0.39, 0.29) is 11.3 Å². The van der Waals surface area contributed by atoms with Crippen LogP contribution in [0, 0.1) is 5.92 Å². The number of hydrogen-bond acceptors (Lipinski definition) is 3. The van der Waals surface area contributed by atoms with Crippen LogP contribution >= 0.6 is 0 Å². The van der Waals surface area contributed by atoms with Gasteiger partial charge in [0.15, 0.2) is 0 Å². The standard InChI is InChI=1S/C21H23N3O2/c1-13-9-22-10-17-18(11-23-19(13)17)20(26)24-6-5-21(8-15(21)12-24)14-3-2-4-16(25)7-14/h2-4,7,9,11,15,22-23,25H,5-6,8,10,12H2,1H3. The molecule has 0 spiro atoms. The molecule has 3 heterocycles.